The third kappa shape index (κ3) is 9.20. The average molecular weight is 1330 g/mol. The molecule has 0 bridgehead atoms. The number of hydrogen-bond acceptors (Lipinski definition) is 2. The molecule has 4 nitrogen and oxygen atoms in total. The van der Waals surface area contributed by atoms with E-state index in [1.165, 1.54) is 183 Å². The van der Waals surface area contributed by atoms with Crippen LogP contribution >= 0.6 is 22.7 Å². The summed E-state index contributed by atoms with van der Waals surface area (Å²) in [5, 5.41) is 15.4. The van der Waals surface area contributed by atoms with E-state index in [1.54, 1.807) is 0 Å². The van der Waals surface area contributed by atoms with Crippen LogP contribution in [0.5, 0.6) is 0 Å². The second-order valence-corrected chi connectivity index (χ2v) is 28.8. The molecule has 6 heteroatoms. The van der Waals surface area contributed by atoms with E-state index in [4.69, 9.17) is 0 Å². The van der Waals surface area contributed by atoms with Crippen molar-refractivity contribution in [3.63, 3.8) is 0 Å². The maximum absolute atomic E-state index is 2.43. The monoisotopic (exact) mass is 1330 g/mol. The lowest BCUT2D eigenvalue weighted by Crippen LogP contribution is -1.94. The molecule has 0 fully saturated rings. The average Bonchev–Trinajstić information content (AvgIpc) is 1.59. The smallest absolute Gasteiger partial charge is 0.0541 e. The van der Waals surface area contributed by atoms with E-state index < -0.39 is 0 Å². The Morgan fingerprint density at radius 3 is 0.990 bits per heavy atom. The van der Waals surface area contributed by atoms with Gasteiger partial charge in [0, 0.05) is 106 Å². The summed E-state index contributed by atoms with van der Waals surface area (Å²) < 4.78 is 14.9. The van der Waals surface area contributed by atoms with E-state index in [0.717, 1.165) is 11.4 Å². The molecule has 0 aliphatic rings. The van der Waals surface area contributed by atoms with Crippen LogP contribution in [0.3, 0.4) is 0 Å². The van der Waals surface area contributed by atoms with Crippen LogP contribution in [-0.4, -0.2) is 18.3 Å². The van der Waals surface area contributed by atoms with Gasteiger partial charge in [0.15, 0.2) is 0 Å². The van der Waals surface area contributed by atoms with Crippen molar-refractivity contribution in [2.24, 2.45) is 0 Å². The molecular weight excluding hydrogens is 1270 g/mol. The van der Waals surface area contributed by atoms with Gasteiger partial charge in [0.25, 0.3) is 0 Å². The Morgan fingerprint density at radius 2 is 0.500 bits per heavy atom. The normalized spacial score (nSPS) is 11.9. The van der Waals surface area contributed by atoms with Crippen LogP contribution in [0, 0.1) is 0 Å². The number of rotatable bonds is 8. The zero-order valence-electron chi connectivity index (χ0n) is 55.2. The Labute approximate surface area is 595 Å². The van der Waals surface area contributed by atoms with Crippen LogP contribution in [0.4, 0.5) is 0 Å². The van der Waals surface area contributed by atoms with Crippen LogP contribution in [-0.2, 0) is 0 Å². The summed E-state index contributed by atoms with van der Waals surface area (Å²) >= 11 is 3.75. The molecule has 0 radical (unpaired) electrons. The number of hydrogen-bond donors (Lipinski definition) is 0. The number of aromatic nitrogens is 4. The first-order chi connectivity index (χ1) is 50.6. The third-order valence-corrected chi connectivity index (χ3v) is 23.4. The maximum atomic E-state index is 2.43. The molecule has 0 atom stereocenters. The molecule has 16 aromatic carbocycles. The number of thiophene rings is 2. The van der Waals surface area contributed by atoms with Gasteiger partial charge in [-0.25, -0.2) is 0 Å². The highest BCUT2D eigenvalue weighted by atomic mass is 32.1. The Morgan fingerprint density at radius 1 is 0.167 bits per heavy atom. The summed E-state index contributed by atoms with van der Waals surface area (Å²) in [5.41, 5.74) is 24.3. The standard InChI is InChI=1S/2C48H30N2S/c1-2-13-34(14-3-1)49-42-20-7-4-16-37(42)40-29-31(24-26-44(40)49)32-25-27-45-41(30-32)38-17-5-8-21-43(38)50(45)35-15-10-12-33(28-35)36-19-11-23-47-48(36)39-18-6-9-22-46(39)51-47;1-2-11-34(12-3-1)49-43-18-7-4-13-37(43)41-29-32(23-27-45(41)49)33-24-28-46-42(30-33)38-14-5-8-19-44(38)50(46)35-25-21-31(22-26-35)36-16-10-17-40-39-15-6-9-20-47(39)51-48(36)40/h2*1-30H. The van der Waals surface area contributed by atoms with E-state index in [-0.39, 0.29) is 0 Å². The zero-order valence-corrected chi connectivity index (χ0v) is 56.9. The number of benzene rings is 16. The van der Waals surface area contributed by atoms with Crippen molar-refractivity contribution in [2.75, 3.05) is 0 Å². The van der Waals surface area contributed by atoms with E-state index in [2.05, 4.69) is 382 Å². The van der Waals surface area contributed by atoms with E-state index in [0.29, 0.717) is 0 Å². The van der Waals surface area contributed by atoms with Crippen LogP contribution < -0.4 is 0 Å². The molecule has 0 saturated carbocycles. The van der Waals surface area contributed by atoms with Crippen molar-refractivity contribution < 1.29 is 0 Å². The van der Waals surface area contributed by atoms with Crippen LogP contribution in [0.25, 0.3) is 195 Å². The van der Waals surface area contributed by atoms with Gasteiger partial charge in [0.05, 0.1) is 44.1 Å². The van der Waals surface area contributed by atoms with Crippen molar-refractivity contribution in [1.82, 2.24) is 18.3 Å². The van der Waals surface area contributed by atoms with Gasteiger partial charge in [-0.3, -0.25) is 0 Å². The van der Waals surface area contributed by atoms with Crippen molar-refractivity contribution >= 4 is 150 Å². The van der Waals surface area contributed by atoms with Gasteiger partial charge in [-0.15, -0.1) is 22.7 Å². The fourth-order valence-corrected chi connectivity index (χ4v) is 18.8. The molecule has 22 rings (SSSR count). The quantitative estimate of drug-likeness (QED) is 0.144. The minimum Gasteiger partial charge on any atom is -0.309 e. The molecule has 0 unspecified atom stereocenters. The maximum Gasteiger partial charge on any atom is 0.0541 e. The topological polar surface area (TPSA) is 19.7 Å². The number of nitrogens with zero attached hydrogens (tertiary/aromatic N) is 4. The summed E-state index contributed by atoms with van der Waals surface area (Å²) in [5.74, 6) is 0. The predicted octanol–water partition coefficient (Wildman–Crippen LogP) is 27.2. The van der Waals surface area contributed by atoms with Crippen LogP contribution in [0.1, 0.15) is 0 Å². The number of para-hydroxylation sites is 6. The summed E-state index contributed by atoms with van der Waals surface area (Å²) in [6.07, 6.45) is 0. The highest BCUT2D eigenvalue weighted by Gasteiger charge is 2.21. The molecule has 6 aromatic heterocycles. The van der Waals surface area contributed by atoms with Crippen molar-refractivity contribution in [3.8, 4) is 67.3 Å². The molecule has 0 spiro atoms. The molecule has 0 saturated heterocycles. The first kappa shape index (κ1) is 58.2. The van der Waals surface area contributed by atoms with Crippen molar-refractivity contribution in [1.29, 1.82) is 0 Å². The van der Waals surface area contributed by atoms with E-state index >= 15 is 0 Å². The summed E-state index contributed by atoms with van der Waals surface area (Å²) in [7, 11) is 0. The van der Waals surface area contributed by atoms with Gasteiger partial charge in [0.1, 0.15) is 0 Å². The molecule has 0 aliphatic carbocycles. The van der Waals surface area contributed by atoms with Gasteiger partial charge in [-0.1, -0.05) is 224 Å². The van der Waals surface area contributed by atoms with E-state index in [9.17, 15) is 0 Å². The summed E-state index contributed by atoms with van der Waals surface area (Å²) in [4.78, 5) is 0. The van der Waals surface area contributed by atoms with E-state index in [1.807, 2.05) is 22.7 Å². The second-order valence-electron chi connectivity index (χ2n) is 26.7. The second kappa shape index (κ2) is 23.4. The largest absolute Gasteiger partial charge is 0.309 e. The molecule has 6 heterocycles. The zero-order chi connectivity index (χ0) is 66.9. The van der Waals surface area contributed by atoms with Crippen LogP contribution in [0.2, 0.25) is 0 Å². The first-order valence-corrected chi connectivity index (χ1v) is 36.5. The molecule has 0 N–H and O–H groups in total. The van der Waals surface area contributed by atoms with Crippen molar-refractivity contribution in [2.45, 2.75) is 0 Å². The fraction of sp³-hybridized carbons (Fsp3) is 0. The van der Waals surface area contributed by atoms with Gasteiger partial charge >= 0.3 is 0 Å². The van der Waals surface area contributed by atoms with Gasteiger partial charge in [-0.05, 0) is 184 Å². The summed E-state index contributed by atoms with van der Waals surface area (Å²) in [6, 6.07) is 133. The van der Waals surface area contributed by atoms with Gasteiger partial charge in [-0.2, -0.15) is 0 Å². The predicted molar refractivity (Wildman–Crippen MR) is 438 cm³/mol. The molecule has 0 amide bonds. The highest BCUT2D eigenvalue weighted by Crippen LogP contribution is 2.46. The lowest BCUT2D eigenvalue weighted by atomic mass is 9.99. The molecule has 476 valence electrons. The van der Waals surface area contributed by atoms with Crippen molar-refractivity contribution in [3.05, 3.63) is 364 Å². The molecular formula is C96H60N4S2. The van der Waals surface area contributed by atoms with Crippen LogP contribution in [0.15, 0.2) is 364 Å². The molecule has 22 aromatic rings. The summed E-state index contributed by atoms with van der Waals surface area (Å²) in [6.45, 7) is 0. The number of fused-ring (bicyclic) bond motifs is 18. The first-order valence-electron chi connectivity index (χ1n) is 34.9. The Bertz CT molecular complexity index is 7120. The fourth-order valence-electron chi connectivity index (χ4n) is 16.5. The lowest BCUT2D eigenvalue weighted by molar-refractivity contribution is 1.18. The minimum absolute atomic E-state index is 1.16. The van der Waals surface area contributed by atoms with Gasteiger partial charge in [0.2, 0.25) is 0 Å². The molecule has 102 heavy (non-hydrogen) atoms. The minimum atomic E-state index is 1.16. The lowest BCUT2D eigenvalue weighted by Gasteiger charge is -2.12. The third-order valence-electron chi connectivity index (χ3n) is 21.0. The Kier molecular flexibility index (Phi) is 13.3. The molecule has 0 aliphatic heterocycles. The highest BCUT2D eigenvalue weighted by molar-refractivity contribution is 7.26. The Hall–Kier alpha value is -12.8. The Balaban J connectivity index is 0.000000133. The van der Waals surface area contributed by atoms with Gasteiger partial charge < -0.3 is 18.3 Å². The SMILES string of the molecule is c1ccc(-n2c3ccccc3c3cc(-c4ccc5c(c4)c4ccccc4n5-c4ccc(-c5cccc6c5sc5ccccc56)cc4)ccc32)cc1.c1ccc(-n2c3ccccc3c3cc(-c4ccc5c(c4)c4ccccc4n5-c4cccc(-c5cccc6sc7ccccc7c56)c4)ccc32)cc1.